The van der Waals surface area contributed by atoms with Crippen LogP contribution >= 0.6 is 0 Å². The van der Waals surface area contributed by atoms with E-state index >= 15 is 0 Å². The molecule has 1 fully saturated rings. The molecule has 0 aliphatic heterocycles. The maximum atomic E-state index is 14.4. The molecule has 0 spiro atoms. The van der Waals surface area contributed by atoms with Gasteiger partial charge in [0.05, 0.1) is 5.56 Å². The molecule has 0 nitrogen and oxygen atoms in total. The Morgan fingerprint density at radius 3 is 1.96 bits per heavy atom. The van der Waals surface area contributed by atoms with E-state index in [1.54, 1.807) is 0 Å². The fourth-order valence-electron chi connectivity index (χ4n) is 3.31. The molecule has 1 saturated carbocycles. The second-order valence-corrected chi connectivity index (χ2v) is 6.68. The minimum absolute atomic E-state index is 0.0598. The molecule has 1 aliphatic rings. The maximum absolute atomic E-state index is 14.4. The Morgan fingerprint density at radius 2 is 1.42 bits per heavy atom. The molecule has 0 radical (unpaired) electrons. The van der Waals surface area contributed by atoms with Gasteiger partial charge in [0.15, 0.2) is 11.6 Å². The zero-order valence-electron chi connectivity index (χ0n) is 13.2. The van der Waals surface area contributed by atoms with Crippen molar-refractivity contribution in [2.45, 2.75) is 44.2 Å². The van der Waals surface area contributed by atoms with Crippen molar-refractivity contribution in [3.63, 3.8) is 0 Å². The largest absolute Gasteiger partial charge is 0.244 e. The molecular formula is C19H17F5. The van der Waals surface area contributed by atoms with Gasteiger partial charge in [-0.3, -0.25) is 0 Å². The van der Waals surface area contributed by atoms with Crippen molar-refractivity contribution >= 4 is 0 Å². The van der Waals surface area contributed by atoms with E-state index in [-0.39, 0.29) is 17.0 Å². The summed E-state index contributed by atoms with van der Waals surface area (Å²) in [5, 5.41) is 0. The first-order chi connectivity index (χ1) is 11.3. The summed E-state index contributed by atoms with van der Waals surface area (Å²) in [6, 6.07) is 5.16. The predicted octanol–water partition coefficient (Wildman–Crippen LogP) is 6.30. The maximum Gasteiger partial charge on any atom is 0.159 e. The first-order valence-electron chi connectivity index (χ1n) is 7.90. The molecule has 128 valence electrons. The van der Waals surface area contributed by atoms with E-state index in [2.05, 4.69) is 0 Å². The lowest BCUT2D eigenvalue weighted by Crippen LogP contribution is -2.25. The Bertz CT molecular complexity index is 733. The summed E-state index contributed by atoms with van der Waals surface area (Å²) in [4.78, 5) is 0. The standard InChI is InChI=1S/C19H17F5/c1-19(24)6-4-11(5-7-19)13-9-16(22)18(17(23)10-13)12-2-3-14(20)15(21)8-12/h2-3,8-11H,4-7H2,1H3. The van der Waals surface area contributed by atoms with Crippen LogP contribution in [0.3, 0.4) is 0 Å². The average Bonchev–Trinajstić information content (AvgIpc) is 2.50. The number of benzene rings is 2. The summed E-state index contributed by atoms with van der Waals surface area (Å²) < 4.78 is 69.0. The van der Waals surface area contributed by atoms with Gasteiger partial charge in [0, 0.05) is 0 Å². The number of hydrogen-bond donors (Lipinski definition) is 0. The molecular weight excluding hydrogens is 323 g/mol. The number of rotatable bonds is 2. The van der Waals surface area contributed by atoms with Crippen LogP contribution in [0.25, 0.3) is 11.1 Å². The summed E-state index contributed by atoms with van der Waals surface area (Å²) in [7, 11) is 0. The van der Waals surface area contributed by atoms with Crippen LogP contribution in [0.2, 0.25) is 0 Å². The van der Waals surface area contributed by atoms with Gasteiger partial charge in [-0.2, -0.15) is 0 Å². The molecule has 0 aromatic heterocycles. The van der Waals surface area contributed by atoms with Crippen LogP contribution < -0.4 is 0 Å². The van der Waals surface area contributed by atoms with Crippen LogP contribution in [0.4, 0.5) is 22.0 Å². The van der Waals surface area contributed by atoms with Crippen molar-refractivity contribution in [2.24, 2.45) is 0 Å². The highest BCUT2D eigenvalue weighted by Gasteiger charge is 2.32. The molecule has 1 aliphatic carbocycles. The Kier molecular flexibility index (Phi) is 4.37. The molecule has 24 heavy (non-hydrogen) atoms. The summed E-state index contributed by atoms with van der Waals surface area (Å²) in [5.41, 5.74) is -1.19. The fourth-order valence-corrected chi connectivity index (χ4v) is 3.31. The van der Waals surface area contributed by atoms with Gasteiger partial charge in [-0.25, -0.2) is 22.0 Å². The summed E-state index contributed by atoms with van der Waals surface area (Å²) in [6.07, 6.45) is 1.75. The van der Waals surface area contributed by atoms with Crippen LogP contribution in [0.1, 0.15) is 44.1 Å². The molecule has 3 rings (SSSR count). The first-order valence-corrected chi connectivity index (χ1v) is 7.90. The van der Waals surface area contributed by atoms with Crippen LogP contribution in [0.15, 0.2) is 30.3 Å². The smallest absolute Gasteiger partial charge is 0.159 e. The van der Waals surface area contributed by atoms with Crippen molar-refractivity contribution in [3.8, 4) is 11.1 Å². The topological polar surface area (TPSA) is 0 Å². The summed E-state index contributed by atoms with van der Waals surface area (Å²) >= 11 is 0. The highest BCUT2D eigenvalue weighted by Crippen LogP contribution is 2.41. The Labute approximate surface area is 137 Å². The van der Waals surface area contributed by atoms with Gasteiger partial charge in [-0.1, -0.05) is 6.07 Å². The van der Waals surface area contributed by atoms with Crippen LogP contribution in [-0.2, 0) is 0 Å². The number of alkyl halides is 1. The normalized spacial score (nSPS) is 24.2. The first kappa shape index (κ1) is 16.9. The lowest BCUT2D eigenvalue weighted by Gasteiger charge is -2.31. The van der Waals surface area contributed by atoms with E-state index in [1.807, 2.05) is 0 Å². The minimum atomic E-state index is -1.22. The third-order valence-corrected chi connectivity index (χ3v) is 4.77. The van der Waals surface area contributed by atoms with Crippen molar-refractivity contribution < 1.29 is 22.0 Å². The molecule has 0 saturated heterocycles. The Balaban J connectivity index is 1.93. The Hall–Kier alpha value is -1.91. The van der Waals surface area contributed by atoms with Crippen LogP contribution in [0, 0.1) is 23.3 Å². The van der Waals surface area contributed by atoms with Gasteiger partial charge >= 0.3 is 0 Å². The summed E-state index contributed by atoms with van der Waals surface area (Å²) in [6.45, 7) is 1.54. The molecule has 0 N–H and O–H groups in total. The highest BCUT2D eigenvalue weighted by atomic mass is 19.2. The zero-order valence-corrected chi connectivity index (χ0v) is 13.2. The minimum Gasteiger partial charge on any atom is -0.244 e. The molecule has 2 aromatic carbocycles. The van der Waals surface area contributed by atoms with Gasteiger partial charge in [0.1, 0.15) is 17.3 Å². The third-order valence-electron chi connectivity index (χ3n) is 4.77. The molecule has 0 unspecified atom stereocenters. The SMILES string of the molecule is CC1(F)CCC(c2cc(F)c(-c3ccc(F)c(F)c3)c(F)c2)CC1. The van der Waals surface area contributed by atoms with Crippen molar-refractivity contribution in [3.05, 3.63) is 59.2 Å². The van der Waals surface area contributed by atoms with Crippen molar-refractivity contribution in [1.82, 2.24) is 0 Å². The van der Waals surface area contributed by atoms with Gasteiger partial charge in [0.2, 0.25) is 0 Å². The lowest BCUT2D eigenvalue weighted by molar-refractivity contribution is 0.120. The fraction of sp³-hybridized carbons (Fsp3) is 0.368. The van der Waals surface area contributed by atoms with E-state index in [0.717, 1.165) is 18.2 Å². The monoisotopic (exact) mass is 340 g/mol. The quantitative estimate of drug-likeness (QED) is 0.563. The molecule has 5 heteroatoms. The lowest BCUT2D eigenvalue weighted by atomic mass is 9.77. The van der Waals surface area contributed by atoms with Gasteiger partial charge in [-0.15, -0.1) is 0 Å². The van der Waals surface area contributed by atoms with Crippen molar-refractivity contribution in [2.75, 3.05) is 0 Å². The van der Waals surface area contributed by atoms with Gasteiger partial charge in [0.25, 0.3) is 0 Å². The van der Waals surface area contributed by atoms with Crippen LogP contribution in [0.5, 0.6) is 0 Å². The zero-order chi connectivity index (χ0) is 17.5. The molecule has 0 amide bonds. The second kappa shape index (κ2) is 6.19. The molecule has 0 bridgehead atoms. The third kappa shape index (κ3) is 3.30. The van der Waals surface area contributed by atoms with E-state index < -0.39 is 28.9 Å². The number of halogens is 5. The highest BCUT2D eigenvalue weighted by molar-refractivity contribution is 5.65. The number of hydrogen-bond acceptors (Lipinski definition) is 0. The molecule has 0 atom stereocenters. The molecule has 2 aromatic rings. The van der Waals surface area contributed by atoms with E-state index in [1.165, 1.54) is 19.1 Å². The van der Waals surface area contributed by atoms with E-state index in [0.29, 0.717) is 31.2 Å². The van der Waals surface area contributed by atoms with Gasteiger partial charge < -0.3 is 0 Å². The average molecular weight is 340 g/mol. The predicted molar refractivity (Wildman–Crippen MR) is 82.4 cm³/mol. The van der Waals surface area contributed by atoms with Crippen molar-refractivity contribution in [1.29, 1.82) is 0 Å². The summed E-state index contributed by atoms with van der Waals surface area (Å²) in [5.74, 6) is -4.00. The second-order valence-electron chi connectivity index (χ2n) is 6.68. The van der Waals surface area contributed by atoms with Crippen LogP contribution in [-0.4, -0.2) is 5.67 Å². The van der Waals surface area contributed by atoms with E-state index in [9.17, 15) is 22.0 Å². The Morgan fingerprint density at radius 1 is 0.833 bits per heavy atom. The molecule has 0 heterocycles. The van der Waals surface area contributed by atoms with Gasteiger partial charge in [-0.05, 0) is 73.9 Å². The van der Waals surface area contributed by atoms with E-state index in [4.69, 9.17) is 0 Å².